The molecular weight excluding hydrogens is 170 g/mol. The summed E-state index contributed by atoms with van der Waals surface area (Å²) in [5.74, 6) is -0.851. The van der Waals surface area contributed by atoms with Crippen molar-refractivity contribution in [3.63, 3.8) is 0 Å². The lowest BCUT2D eigenvalue weighted by Crippen LogP contribution is -2.17. The van der Waals surface area contributed by atoms with Crippen molar-refractivity contribution < 1.29 is 14.3 Å². The summed E-state index contributed by atoms with van der Waals surface area (Å²) in [4.78, 5) is 23.8. The first-order valence-electron chi connectivity index (χ1n) is 4.05. The Balaban J connectivity index is 4.61. The van der Waals surface area contributed by atoms with Crippen LogP contribution in [0, 0.1) is 0 Å². The highest BCUT2D eigenvalue weighted by Gasteiger charge is 2.15. The van der Waals surface area contributed by atoms with Gasteiger partial charge in [0.15, 0.2) is 5.78 Å². The van der Waals surface area contributed by atoms with Gasteiger partial charge in [0.25, 0.3) is 0 Å². The highest BCUT2D eigenvalue weighted by molar-refractivity contribution is 6.16. The number of hydrogen-bond donors (Lipinski definition) is 0. The maximum absolute atomic E-state index is 11.2. The summed E-state index contributed by atoms with van der Waals surface area (Å²) in [6.07, 6.45) is 1.46. The SMILES string of the molecule is CCOC(=O)/C(=C/N(C)C)C(C)=O. The summed E-state index contributed by atoms with van der Waals surface area (Å²) in [6.45, 7) is 3.31. The number of Topliss-reactive ketones (excluding diaryl/α,β-unsaturated/α-hetero) is 1. The Morgan fingerprint density at radius 3 is 2.23 bits per heavy atom. The zero-order chi connectivity index (χ0) is 10.4. The average Bonchev–Trinajstić information content (AvgIpc) is 1.99. The molecule has 4 heteroatoms. The van der Waals surface area contributed by atoms with Gasteiger partial charge >= 0.3 is 5.97 Å². The van der Waals surface area contributed by atoms with Gasteiger partial charge in [-0.1, -0.05) is 0 Å². The van der Waals surface area contributed by atoms with Crippen LogP contribution in [0.1, 0.15) is 13.8 Å². The summed E-state index contributed by atoms with van der Waals surface area (Å²) in [5.41, 5.74) is 0.0758. The molecule has 0 saturated heterocycles. The third-order valence-electron chi connectivity index (χ3n) is 1.26. The van der Waals surface area contributed by atoms with Crippen molar-refractivity contribution in [3.8, 4) is 0 Å². The van der Waals surface area contributed by atoms with Crippen LogP contribution in [0.2, 0.25) is 0 Å². The van der Waals surface area contributed by atoms with E-state index < -0.39 is 5.97 Å². The Morgan fingerprint density at radius 2 is 1.92 bits per heavy atom. The minimum Gasteiger partial charge on any atom is -0.462 e. The second kappa shape index (κ2) is 5.35. The van der Waals surface area contributed by atoms with Crippen molar-refractivity contribution in [2.75, 3.05) is 20.7 Å². The Hall–Kier alpha value is -1.32. The molecule has 0 N–H and O–H groups in total. The molecule has 0 fully saturated rings. The molecule has 0 aromatic carbocycles. The van der Waals surface area contributed by atoms with E-state index in [4.69, 9.17) is 4.74 Å². The maximum Gasteiger partial charge on any atom is 0.343 e. The molecule has 74 valence electrons. The fraction of sp³-hybridized carbons (Fsp3) is 0.556. The molecule has 0 unspecified atom stereocenters. The van der Waals surface area contributed by atoms with Crippen LogP contribution in [0.5, 0.6) is 0 Å². The van der Waals surface area contributed by atoms with Crippen LogP contribution < -0.4 is 0 Å². The van der Waals surface area contributed by atoms with E-state index in [2.05, 4.69) is 0 Å². The van der Waals surface area contributed by atoms with Crippen molar-refractivity contribution in [1.29, 1.82) is 0 Å². The number of ether oxygens (including phenoxy) is 1. The minimum atomic E-state index is -0.566. The zero-order valence-electron chi connectivity index (χ0n) is 8.46. The van der Waals surface area contributed by atoms with Gasteiger partial charge in [0.2, 0.25) is 0 Å². The van der Waals surface area contributed by atoms with Crippen molar-refractivity contribution >= 4 is 11.8 Å². The second-order valence-corrected chi connectivity index (χ2v) is 2.78. The second-order valence-electron chi connectivity index (χ2n) is 2.78. The van der Waals surface area contributed by atoms with E-state index in [1.807, 2.05) is 0 Å². The minimum absolute atomic E-state index is 0.0758. The molecule has 0 saturated carbocycles. The van der Waals surface area contributed by atoms with E-state index in [0.717, 1.165) is 0 Å². The Labute approximate surface area is 78.2 Å². The van der Waals surface area contributed by atoms with Gasteiger partial charge in [-0.05, 0) is 13.8 Å². The van der Waals surface area contributed by atoms with Crippen molar-refractivity contribution in [1.82, 2.24) is 4.90 Å². The zero-order valence-corrected chi connectivity index (χ0v) is 8.46. The van der Waals surface area contributed by atoms with Crippen molar-refractivity contribution in [2.45, 2.75) is 13.8 Å². The molecular formula is C9H15NO3. The van der Waals surface area contributed by atoms with Gasteiger partial charge in [-0.15, -0.1) is 0 Å². The molecule has 0 spiro atoms. The molecule has 0 atom stereocenters. The van der Waals surface area contributed by atoms with Gasteiger partial charge in [-0.2, -0.15) is 0 Å². The van der Waals surface area contributed by atoms with Crippen LogP contribution >= 0.6 is 0 Å². The van der Waals surface area contributed by atoms with Crippen molar-refractivity contribution in [3.05, 3.63) is 11.8 Å². The van der Waals surface area contributed by atoms with E-state index in [1.165, 1.54) is 13.1 Å². The normalized spacial score (nSPS) is 10.9. The number of rotatable bonds is 4. The number of carbonyl (C=O) groups excluding carboxylic acids is 2. The maximum atomic E-state index is 11.2. The smallest absolute Gasteiger partial charge is 0.343 e. The fourth-order valence-electron chi connectivity index (χ4n) is 0.754. The molecule has 4 nitrogen and oxygen atoms in total. The monoisotopic (exact) mass is 185 g/mol. The molecule has 0 aliphatic carbocycles. The van der Waals surface area contributed by atoms with E-state index in [0.29, 0.717) is 0 Å². The van der Waals surface area contributed by atoms with Crippen LogP contribution in [0.25, 0.3) is 0 Å². The standard InChI is InChI=1S/C9H15NO3/c1-5-13-9(12)8(7(2)11)6-10(3)4/h6H,5H2,1-4H3/b8-6+. The van der Waals surface area contributed by atoms with Gasteiger partial charge in [0.05, 0.1) is 6.61 Å². The van der Waals surface area contributed by atoms with Crippen LogP contribution in [-0.2, 0) is 14.3 Å². The number of carbonyl (C=O) groups is 2. The molecule has 13 heavy (non-hydrogen) atoms. The molecule has 0 aliphatic rings. The molecule has 0 aromatic rings. The van der Waals surface area contributed by atoms with Gasteiger partial charge in [-0.25, -0.2) is 4.79 Å². The van der Waals surface area contributed by atoms with Gasteiger partial charge in [-0.3, -0.25) is 4.79 Å². The number of hydrogen-bond acceptors (Lipinski definition) is 4. The summed E-state index contributed by atoms with van der Waals surface area (Å²) in [5, 5.41) is 0. The highest BCUT2D eigenvalue weighted by Crippen LogP contribution is 2.00. The van der Waals surface area contributed by atoms with Crippen molar-refractivity contribution in [2.24, 2.45) is 0 Å². The first-order chi connectivity index (χ1) is 5.99. The van der Waals surface area contributed by atoms with E-state index >= 15 is 0 Å². The predicted octanol–water partition coefficient (Wildman–Crippen LogP) is 0.584. The Kier molecular flexibility index (Phi) is 4.80. The number of esters is 1. The lowest BCUT2D eigenvalue weighted by Gasteiger charge is -2.08. The largest absolute Gasteiger partial charge is 0.462 e. The van der Waals surface area contributed by atoms with Crippen LogP contribution in [-0.4, -0.2) is 37.4 Å². The van der Waals surface area contributed by atoms with Crippen LogP contribution in [0.15, 0.2) is 11.8 Å². The van der Waals surface area contributed by atoms with E-state index in [-0.39, 0.29) is 18.0 Å². The molecule has 0 aromatic heterocycles. The molecule has 0 radical (unpaired) electrons. The molecule has 0 amide bonds. The summed E-state index contributed by atoms with van der Waals surface area (Å²) in [6, 6.07) is 0. The van der Waals surface area contributed by atoms with Gasteiger partial charge in [0, 0.05) is 20.3 Å². The Morgan fingerprint density at radius 1 is 1.38 bits per heavy atom. The van der Waals surface area contributed by atoms with E-state index in [9.17, 15) is 9.59 Å². The third kappa shape index (κ3) is 4.30. The molecule has 0 heterocycles. The third-order valence-corrected chi connectivity index (χ3v) is 1.26. The molecule has 0 aliphatic heterocycles. The average molecular weight is 185 g/mol. The van der Waals surface area contributed by atoms with Gasteiger partial charge in [0.1, 0.15) is 5.57 Å². The quantitative estimate of drug-likeness (QED) is 0.278. The predicted molar refractivity (Wildman–Crippen MR) is 49.1 cm³/mol. The lowest BCUT2D eigenvalue weighted by molar-refractivity contribution is -0.139. The van der Waals surface area contributed by atoms with Crippen LogP contribution in [0.3, 0.4) is 0 Å². The van der Waals surface area contributed by atoms with E-state index in [1.54, 1.807) is 25.9 Å². The fourth-order valence-corrected chi connectivity index (χ4v) is 0.754. The Bertz CT molecular complexity index is 231. The summed E-state index contributed by atoms with van der Waals surface area (Å²) >= 11 is 0. The lowest BCUT2D eigenvalue weighted by atomic mass is 10.2. The highest BCUT2D eigenvalue weighted by atomic mass is 16.5. The number of ketones is 1. The molecule has 0 bridgehead atoms. The first kappa shape index (κ1) is 11.7. The van der Waals surface area contributed by atoms with Gasteiger partial charge < -0.3 is 9.64 Å². The first-order valence-corrected chi connectivity index (χ1v) is 4.05. The number of nitrogens with zero attached hydrogens (tertiary/aromatic N) is 1. The summed E-state index contributed by atoms with van der Waals surface area (Å²) < 4.78 is 4.71. The topological polar surface area (TPSA) is 46.6 Å². The summed E-state index contributed by atoms with van der Waals surface area (Å²) in [7, 11) is 3.48. The van der Waals surface area contributed by atoms with Crippen LogP contribution in [0.4, 0.5) is 0 Å². The molecule has 0 rings (SSSR count).